The number of fused-ring (bicyclic) bond motifs is 1. The van der Waals surface area contributed by atoms with Crippen molar-refractivity contribution in [2.75, 3.05) is 23.3 Å². The summed E-state index contributed by atoms with van der Waals surface area (Å²) in [6.07, 6.45) is 4.45. The highest BCUT2D eigenvalue weighted by Crippen LogP contribution is 2.26. The van der Waals surface area contributed by atoms with Gasteiger partial charge in [0.05, 0.1) is 35.2 Å². The molecule has 3 heterocycles. The lowest BCUT2D eigenvalue weighted by molar-refractivity contribution is -0.105. The van der Waals surface area contributed by atoms with Gasteiger partial charge in [0.2, 0.25) is 12.4 Å². The number of carbonyl (C=O) groups excluding carboxylic acids is 1. The van der Waals surface area contributed by atoms with Crippen LogP contribution in [0, 0.1) is 0 Å². The largest absolute Gasteiger partial charge is 0.341 e. The van der Waals surface area contributed by atoms with E-state index in [1.807, 2.05) is 30.3 Å². The van der Waals surface area contributed by atoms with Crippen LogP contribution in [0.1, 0.15) is 18.5 Å². The highest BCUT2D eigenvalue weighted by Gasteiger charge is 2.22. The van der Waals surface area contributed by atoms with E-state index in [2.05, 4.69) is 25.8 Å². The first-order chi connectivity index (χ1) is 12.7. The van der Waals surface area contributed by atoms with Gasteiger partial charge in [0.15, 0.2) is 0 Å². The summed E-state index contributed by atoms with van der Waals surface area (Å²) in [5.74, 6) is 0.943. The van der Waals surface area contributed by atoms with E-state index >= 15 is 0 Å². The van der Waals surface area contributed by atoms with Crippen molar-refractivity contribution in [2.45, 2.75) is 25.4 Å². The Bertz CT molecular complexity index is 904. The lowest BCUT2D eigenvalue weighted by Gasteiger charge is -2.32. The molecule has 7 heteroatoms. The van der Waals surface area contributed by atoms with Crippen molar-refractivity contribution in [1.29, 1.82) is 0 Å². The molecule has 1 fully saturated rings. The summed E-state index contributed by atoms with van der Waals surface area (Å²) >= 11 is 0. The molecule has 26 heavy (non-hydrogen) atoms. The number of carbonyl (C=O) groups is 1. The molecule has 1 amide bonds. The molecule has 1 aromatic carbocycles. The number of anilines is 2. The molecule has 1 aliphatic rings. The van der Waals surface area contributed by atoms with Crippen LogP contribution in [0.3, 0.4) is 0 Å². The Labute approximate surface area is 151 Å². The van der Waals surface area contributed by atoms with Crippen LogP contribution in [-0.2, 0) is 11.3 Å². The Kier molecular flexibility index (Phi) is 4.53. The average Bonchev–Trinajstić information content (AvgIpc) is 3.02. The smallest absolute Gasteiger partial charge is 0.211 e. The number of pyridine rings is 1. The first-order valence-corrected chi connectivity index (χ1v) is 8.85. The van der Waals surface area contributed by atoms with E-state index in [9.17, 15) is 4.79 Å². The van der Waals surface area contributed by atoms with Crippen molar-refractivity contribution in [1.82, 2.24) is 14.5 Å². The van der Waals surface area contributed by atoms with E-state index in [0.29, 0.717) is 18.6 Å². The van der Waals surface area contributed by atoms with Crippen molar-refractivity contribution >= 4 is 29.1 Å². The monoisotopic (exact) mass is 350 g/mol. The number of hydrogen-bond acceptors (Lipinski definition) is 5. The number of para-hydroxylation sites is 2. The molecular formula is C19H22N6O. The van der Waals surface area contributed by atoms with Crippen molar-refractivity contribution in [3.8, 4) is 0 Å². The van der Waals surface area contributed by atoms with Gasteiger partial charge in [0, 0.05) is 19.1 Å². The minimum Gasteiger partial charge on any atom is -0.341 e. The normalized spacial score (nSPS) is 17.4. The van der Waals surface area contributed by atoms with Crippen LogP contribution in [-0.4, -0.2) is 40.1 Å². The second-order valence-electron chi connectivity index (χ2n) is 6.64. The van der Waals surface area contributed by atoms with Crippen LogP contribution < -0.4 is 16.0 Å². The number of aromatic nitrogens is 3. The minimum absolute atomic E-state index is 0.184. The summed E-state index contributed by atoms with van der Waals surface area (Å²) in [7, 11) is 0. The van der Waals surface area contributed by atoms with Crippen molar-refractivity contribution in [3.63, 3.8) is 0 Å². The lowest BCUT2D eigenvalue weighted by atomic mass is 10.1. The summed E-state index contributed by atoms with van der Waals surface area (Å²) in [4.78, 5) is 22.1. The zero-order valence-corrected chi connectivity index (χ0v) is 14.5. The first kappa shape index (κ1) is 16.5. The van der Waals surface area contributed by atoms with Gasteiger partial charge in [0.1, 0.15) is 0 Å². The van der Waals surface area contributed by atoms with Gasteiger partial charge in [-0.3, -0.25) is 9.78 Å². The highest BCUT2D eigenvalue weighted by atomic mass is 16.1. The Hall–Kier alpha value is -2.93. The maximum absolute atomic E-state index is 10.5. The molecule has 1 atom stereocenters. The van der Waals surface area contributed by atoms with Gasteiger partial charge >= 0.3 is 0 Å². The van der Waals surface area contributed by atoms with E-state index in [-0.39, 0.29) is 6.04 Å². The van der Waals surface area contributed by atoms with Gasteiger partial charge in [-0.1, -0.05) is 12.1 Å². The SMILES string of the molecule is N[C@H]1CCCN(c2nc3ccccc3n2Cc2ccc(NC=O)cn2)C1. The van der Waals surface area contributed by atoms with Crippen LogP contribution >= 0.6 is 0 Å². The lowest BCUT2D eigenvalue weighted by Crippen LogP contribution is -2.44. The molecule has 7 nitrogen and oxygen atoms in total. The van der Waals surface area contributed by atoms with Gasteiger partial charge < -0.3 is 20.5 Å². The van der Waals surface area contributed by atoms with Crippen molar-refractivity contribution in [2.24, 2.45) is 5.73 Å². The average molecular weight is 350 g/mol. The first-order valence-electron chi connectivity index (χ1n) is 8.85. The number of imidazole rings is 1. The molecule has 0 bridgehead atoms. The maximum Gasteiger partial charge on any atom is 0.211 e. The van der Waals surface area contributed by atoms with Gasteiger partial charge in [-0.2, -0.15) is 0 Å². The Morgan fingerprint density at radius 3 is 2.92 bits per heavy atom. The molecule has 0 radical (unpaired) electrons. The van der Waals surface area contributed by atoms with E-state index < -0.39 is 0 Å². The van der Waals surface area contributed by atoms with Crippen LogP contribution in [0.15, 0.2) is 42.6 Å². The number of nitrogens with two attached hydrogens (primary N) is 1. The molecular weight excluding hydrogens is 328 g/mol. The minimum atomic E-state index is 0.184. The zero-order chi connectivity index (χ0) is 17.9. The van der Waals surface area contributed by atoms with E-state index in [4.69, 9.17) is 10.7 Å². The topological polar surface area (TPSA) is 89.1 Å². The zero-order valence-electron chi connectivity index (χ0n) is 14.5. The number of rotatable bonds is 5. The molecule has 0 saturated carbocycles. The fraction of sp³-hybridized carbons (Fsp3) is 0.316. The number of nitrogens with zero attached hydrogens (tertiary/aromatic N) is 4. The van der Waals surface area contributed by atoms with Crippen molar-refractivity contribution < 1.29 is 4.79 Å². The Balaban J connectivity index is 1.70. The van der Waals surface area contributed by atoms with E-state index in [1.54, 1.807) is 6.20 Å². The van der Waals surface area contributed by atoms with Crippen molar-refractivity contribution in [3.05, 3.63) is 48.3 Å². The maximum atomic E-state index is 10.5. The van der Waals surface area contributed by atoms with Gasteiger partial charge in [0.25, 0.3) is 0 Å². The number of benzene rings is 1. The third kappa shape index (κ3) is 3.25. The second kappa shape index (κ2) is 7.13. The van der Waals surface area contributed by atoms with Crippen LogP contribution in [0.5, 0.6) is 0 Å². The molecule has 3 aromatic rings. The van der Waals surface area contributed by atoms with Crippen LogP contribution in [0.2, 0.25) is 0 Å². The van der Waals surface area contributed by atoms with Gasteiger partial charge in [-0.15, -0.1) is 0 Å². The molecule has 2 aromatic heterocycles. The molecule has 0 spiro atoms. The van der Waals surface area contributed by atoms with Crippen LogP contribution in [0.25, 0.3) is 11.0 Å². The second-order valence-corrected chi connectivity index (χ2v) is 6.64. The summed E-state index contributed by atoms with van der Waals surface area (Å²) in [6.45, 7) is 2.40. The predicted molar refractivity (Wildman–Crippen MR) is 102 cm³/mol. The standard InChI is InChI=1S/C19H22N6O/c20-14-4-3-9-24(11-14)19-23-17-5-1-2-6-18(17)25(19)12-16-8-7-15(10-21-16)22-13-26/h1-2,5-8,10,13-14H,3-4,9,11-12,20H2,(H,22,26)/t14-/m0/s1. The molecule has 3 N–H and O–H groups in total. The fourth-order valence-corrected chi connectivity index (χ4v) is 3.49. The van der Waals surface area contributed by atoms with Gasteiger partial charge in [-0.05, 0) is 37.1 Å². The third-order valence-corrected chi connectivity index (χ3v) is 4.75. The number of piperidine rings is 1. The molecule has 4 rings (SSSR count). The number of nitrogens with one attached hydrogen (secondary N) is 1. The summed E-state index contributed by atoms with van der Waals surface area (Å²) < 4.78 is 2.20. The predicted octanol–water partition coefficient (Wildman–Crippen LogP) is 1.98. The summed E-state index contributed by atoms with van der Waals surface area (Å²) in [5, 5.41) is 2.61. The Morgan fingerprint density at radius 1 is 1.27 bits per heavy atom. The molecule has 1 saturated heterocycles. The van der Waals surface area contributed by atoms with Crippen LogP contribution in [0.4, 0.5) is 11.6 Å². The summed E-state index contributed by atoms with van der Waals surface area (Å²) in [6, 6.07) is 12.1. The highest BCUT2D eigenvalue weighted by molar-refractivity contribution is 5.79. The Morgan fingerprint density at radius 2 is 2.15 bits per heavy atom. The third-order valence-electron chi connectivity index (χ3n) is 4.75. The molecule has 1 aliphatic heterocycles. The fourth-order valence-electron chi connectivity index (χ4n) is 3.49. The summed E-state index contributed by atoms with van der Waals surface area (Å²) in [5.41, 5.74) is 9.82. The molecule has 0 aliphatic carbocycles. The molecule has 134 valence electrons. The quantitative estimate of drug-likeness (QED) is 0.687. The van der Waals surface area contributed by atoms with E-state index in [1.165, 1.54) is 0 Å². The van der Waals surface area contributed by atoms with E-state index in [0.717, 1.165) is 48.6 Å². The number of amides is 1. The molecule has 0 unspecified atom stereocenters. The van der Waals surface area contributed by atoms with Gasteiger partial charge in [-0.25, -0.2) is 4.98 Å². The number of hydrogen-bond donors (Lipinski definition) is 2.